The van der Waals surface area contributed by atoms with Gasteiger partial charge in [0.05, 0.1) is 24.5 Å². The summed E-state index contributed by atoms with van der Waals surface area (Å²) in [5, 5.41) is 13.6. The maximum atomic E-state index is 12.2. The molecule has 0 saturated heterocycles. The molecule has 0 aliphatic rings. The number of carbonyl (C=O) groups excluding carboxylic acids is 2. The van der Waals surface area contributed by atoms with Crippen LogP contribution in [-0.4, -0.2) is 44.4 Å². The predicted molar refractivity (Wildman–Crippen MR) is 105 cm³/mol. The first-order valence-electron chi connectivity index (χ1n) is 7.90. The summed E-state index contributed by atoms with van der Waals surface area (Å²) in [5.41, 5.74) is 1.60. The van der Waals surface area contributed by atoms with Crippen LogP contribution in [0.15, 0.2) is 34.2 Å². The molecule has 0 unspecified atom stereocenters. The molecule has 0 aliphatic carbocycles. The van der Waals surface area contributed by atoms with E-state index in [9.17, 15) is 9.59 Å². The Balaban J connectivity index is 1.51. The Morgan fingerprint density at radius 3 is 3.00 bits per heavy atom. The third kappa shape index (κ3) is 5.81. The summed E-state index contributed by atoms with van der Waals surface area (Å²) in [5.74, 6) is -0.376. The lowest BCUT2D eigenvalue weighted by atomic mass is 10.3. The van der Waals surface area contributed by atoms with E-state index in [0.717, 1.165) is 10.6 Å². The van der Waals surface area contributed by atoms with E-state index < -0.39 is 0 Å². The number of aromatic nitrogens is 4. The Morgan fingerprint density at radius 2 is 2.22 bits per heavy atom. The molecule has 0 fully saturated rings. The van der Waals surface area contributed by atoms with Crippen molar-refractivity contribution in [3.63, 3.8) is 0 Å². The van der Waals surface area contributed by atoms with Crippen molar-refractivity contribution < 1.29 is 14.3 Å². The number of pyridine rings is 1. The molecule has 3 rings (SSSR count). The molecule has 0 bridgehead atoms. The van der Waals surface area contributed by atoms with Gasteiger partial charge in [-0.1, -0.05) is 23.1 Å². The van der Waals surface area contributed by atoms with E-state index in [0.29, 0.717) is 21.8 Å². The maximum Gasteiger partial charge on any atom is 0.316 e. The minimum Gasteiger partial charge on any atom is -0.465 e. The lowest BCUT2D eigenvalue weighted by molar-refractivity contribution is -0.139. The second-order valence-corrected chi connectivity index (χ2v) is 8.14. The first-order chi connectivity index (χ1) is 13.1. The van der Waals surface area contributed by atoms with Crippen molar-refractivity contribution in [1.82, 2.24) is 20.2 Å². The minimum atomic E-state index is -0.309. The van der Waals surface area contributed by atoms with Crippen molar-refractivity contribution in [2.24, 2.45) is 0 Å². The van der Waals surface area contributed by atoms with Crippen LogP contribution in [0.5, 0.6) is 0 Å². The Morgan fingerprint density at radius 1 is 1.33 bits per heavy atom. The number of thioether (sulfide) groups is 1. The third-order valence-electron chi connectivity index (χ3n) is 3.07. The van der Waals surface area contributed by atoms with Gasteiger partial charge in [-0.15, -0.1) is 21.5 Å². The minimum absolute atomic E-state index is 0.141. The average Bonchev–Trinajstić information content (AvgIpc) is 3.30. The summed E-state index contributed by atoms with van der Waals surface area (Å²) in [6.07, 6.45) is 3.58. The number of hydrogen-bond donors (Lipinski definition) is 1. The van der Waals surface area contributed by atoms with Gasteiger partial charge in [-0.2, -0.15) is 0 Å². The number of nitrogens with one attached hydrogen (secondary N) is 1. The summed E-state index contributed by atoms with van der Waals surface area (Å²) in [7, 11) is 0. The molecule has 8 nitrogen and oxygen atoms in total. The number of rotatable bonds is 8. The SMILES string of the molecule is CCOC(=O)CSc1nnc(NC(=O)Cc2csc(-c3cccnc3)n2)s1. The fourth-order valence-electron chi connectivity index (χ4n) is 1.98. The summed E-state index contributed by atoms with van der Waals surface area (Å²) < 4.78 is 5.44. The first kappa shape index (κ1) is 19.4. The number of thiazole rings is 1. The van der Waals surface area contributed by atoms with Crippen LogP contribution in [0.2, 0.25) is 0 Å². The van der Waals surface area contributed by atoms with E-state index in [1.165, 1.54) is 34.4 Å². The second kappa shape index (κ2) is 9.53. The van der Waals surface area contributed by atoms with E-state index in [4.69, 9.17) is 4.74 Å². The molecule has 1 amide bonds. The lowest BCUT2D eigenvalue weighted by Crippen LogP contribution is -2.14. The zero-order chi connectivity index (χ0) is 19.1. The van der Waals surface area contributed by atoms with Crippen molar-refractivity contribution in [3.05, 3.63) is 35.6 Å². The molecule has 0 spiro atoms. The van der Waals surface area contributed by atoms with Crippen molar-refractivity contribution >= 4 is 51.4 Å². The molecule has 0 radical (unpaired) electrons. The van der Waals surface area contributed by atoms with Gasteiger partial charge in [0.25, 0.3) is 0 Å². The highest BCUT2D eigenvalue weighted by atomic mass is 32.2. The van der Waals surface area contributed by atoms with E-state index in [1.807, 2.05) is 17.5 Å². The molecule has 0 aromatic carbocycles. The highest BCUT2D eigenvalue weighted by molar-refractivity contribution is 8.01. The van der Waals surface area contributed by atoms with Gasteiger partial charge in [0, 0.05) is 23.3 Å². The highest BCUT2D eigenvalue weighted by Gasteiger charge is 2.13. The molecular formula is C16H15N5O3S3. The monoisotopic (exact) mass is 421 g/mol. The largest absolute Gasteiger partial charge is 0.465 e. The summed E-state index contributed by atoms with van der Waals surface area (Å²) >= 11 is 3.90. The molecule has 0 atom stereocenters. The van der Waals surface area contributed by atoms with Crippen LogP contribution < -0.4 is 5.32 Å². The van der Waals surface area contributed by atoms with Crippen LogP contribution in [0.3, 0.4) is 0 Å². The van der Waals surface area contributed by atoms with E-state index in [2.05, 4.69) is 25.5 Å². The van der Waals surface area contributed by atoms with E-state index >= 15 is 0 Å². The topological polar surface area (TPSA) is 107 Å². The van der Waals surface area contributed by atoms with Crippen molar-refractivity contribution in [3.8, 4) is 10.6 Å². The van der Waals surface area contributed by atoms with Gasteiger partial charge in [-0.3, -0.25) is 14.6 Å². The Labute approximate surface area is 167 Å². The molecule has 3 heterocycles. The van der Waals surface area contributed by atoms with Crippen LogP contribution in [0.1, 0.15) is 12.6 Å². The first-order valence-corrected chi connectivity index (χ1v) is 10.6. The molecule has 1 N–H and O–H groups in total. The van der Waals surface area contributed by atoms with Gasteiger partial charge in [-0.05, 0) is 19.1 Å². The Bertz CT molecular complexity index is 913. The number of nitrogens with zero attached hydrogens (tertiary/aromatic N) is 4. The molecule has 3 aromatic rings. The molecule has 27 heavy (non-hydrogen) atoms. The summed E-state index contributed by atoms with van der Waals surface area (Å²) in [6, 6.07) is 3.77. The molecule has 3 aromatic heterocycles. The summed E-state index contributed by atoms with van der Waals surface area (Å²) in [4.78, 5) is 32.1. The van der Waals surface area contributed by atoms with Crippen molar-refractivity contribution in [2.75, 3.05) is 17.7 Å². The van der Waals surface area contributed by atoms with E-state index in [1.54, 1.807) is 19.3 Å². The average molecular weight is 422 g/mol. The van der Waals surface area contributed by atoms with Crippen LogP contribution in [0, 0.1) is 0 Å². The molecule has 0 saturated carbocycles. The molecule has 11 heteroatoms. The number of amides is 1. The predicted octanol–water partition coefficient (Wildman–Crippen LogP) is 2.89. The number of ether oxygens (including phenoxy) is 1. The third-order valence-corrected chi connectivity index (χ3v) is 5.96. The van der Waals surface area contributed by atoms with Gasteiger partial charge in [-0.25, -0.2) is 4.98 Å². The normalized spacial score (nSPS) is 10.6. The van der Waals surface area contributed by atoms with Crippen LogP contribution in [-0.2, 0) is 20.7 Å². The van der Waals surface area contributed by atoms with Crippen molar-refractivity contribution in [2.45, 2.75) is 17.7 Å². The number of hydrogen-bond acceptors (Lipinski definition) is 10. The van der Waals surface area contributed by atoms with Gasteiger partial charge < -0.3 is 10.1 Å². The highest BCUT2D eigenvalue weighted by Crippen LogP contribution is 2.26. The lowest BCUT2D eigenvalue weighted by Gasteiger charge is -1.99. The number of esters is 1. The van der Waals surface area contributed by atoms with Gasteiger partial charge in [0.2, 0.25) is 11.0 Å². The fraction of sp³-hybridized carbons (Fsp3) is 0.250. The maximum absolute atomic E-state index is 12.2. The zero-order valence-electron chi connectivity index (χ0n) is 14.2. The fourth-order valence-corrected chi connectivity index (χ4v) is 4.36. The zero-order valence-corrected chi connectivity index (χ0v) is 16.7. The van der Waals surface area contributed by atoms with Crippen LogP contribution >= 0.6 is 34.4 Å². The number of carbonyl (C=O) groups is 2. The smallest absolute Gasteiger partial charge is 0.316 e. The Kier molecular flexibility index (Phi) is 6.85. The van der Waals surface area contributed by atoms with Crippen LogP contribution in [0.25, 0.3) is 10.6 Å². The number of anilines is 1. The van der Waals surface area contributed by atoms with Crippen LogP contribution in [0.4, 0.5) is 5.13 Å². The molecule has 0 aliphatic heterocycles. The van der Waals surface area contributed by atoms with Gasteiger partial charge >= 0.3 is 5.97 Å². The van der Waals surface area contributed by atoms with Crippen molar-refractivity contribution in [1.29, 1.82) is 0 Å². The second-order valence-electron chi connectivity index (χ2n) is 5.08. The molecule has 140 valence electrons. The summed E-state index contributed by atoms with van der Waals surface area (Å²) in [6.45, 7) is 2.10. The van der Waals surface area contributed by atoms with E-state index in [-0.39, 0.29) is 24.1 Å². The Hall–Kier alpha value is -2.37. The van der Waals surface area contributed by atoms with Gasteiger partial charge in [0.1, 0.15) is 5.01 Å². The van der Waals surface area contributed by atoms with Gasteiger partial charge in [0.15, 0.2) is 4.34 Å². The standard InChI is InChI=1S/C16H15N5O3S3/c1-2-24-13(23)9-26-16-21-20-15(27-16)19-12(22)6-11-8-25-14(18-11)10-4-3-5-17-7-10/h3-5,7-8H,2,6,9H2,1H3,(H,19,20,22). The quantitative estimate of drug-likeness (QED) is 0.336. The molecular weight excluding hydrogens is 406 g/mol.